The number of carbonyl (C=O) groups is 5. The zero-order valence-corrected chi connectivity index (χ0v) is 27.8. The molecule has 2 aliphatic carbocycles. The monoisotopic (exact) mass is 688 g/mol. The Bertz CT molecular complexity index is 2050. The Labute approximate surface area is 291 Å². The highest BCUT2D eigenvalue weighted by atomic mass is 32.2. The lowest BCUT2D eigenvalue weighted by Gasteiger charge is -2.32. The van der Waals surface area contributed by atoms with Gasteiger partial charge < -0.3 is 25.2 Å². The molecule has 0 bridgehead atoms. The molecule has 0 spiro atoms. The summed E-state index contributed by atoms with van der Waals surface area (Å²) in [5.41, 5.74) is 2.95. The third-order valence-corrected chi connectivity index (χ3v) is 10.5. The number of ether oxygens (including phenoxy) is 2. The van der Waals surface area contributed by atoms with Crippen LogP contribution >= 0.6 is 11.8 Å². The number of phenols is 1. The summed E-state index contributed by atoms with van der Waals surface area (Å²) in [6.45, 7) is 1.56. The van der Waals surface area contributed by atoms with Crippen molar-refractivity contribution in [3.63, 3.8) is 0 Å². The Morgan fingerprint density at radius 2 is 1.40 bits per heavy atom. The third-order valence-electron chi connectivity index (χ3n) is 9.23. The van der Waals surface area contributed by atoms with Gasteiger partial charge in [-0.2, -0.15) is 0 Å². The van der Waals surface area contributed by atoms with Crippen LogP contribution in [0.15, 0.2) is 108 Å². The standard InChI is InChI=1S/C39H32N2O8S/c1-2-48-37(46)39(21-50-35-32(39)33(43)28-13-7-8-14-29(28)34(35)44)41-36(45)31(19-22-15-17-23(42)18-16-22)40-38(47)49-20-30-26-11-5-3-9-24(26)25-10-4-6-12-27(25)30/h3-18,30-31,42H,2,19-21H2,1H3,(H,40,47)(H,41,45)/t31-,39?/m0/s1. The predicted octanol–water partition coefficient (Wildman–Crippen LogP) is 5.34. The van der Waals surface area contributed by atoms with Gasteiger partial charge in [-0.3, -0.25) is 14.4 Å². The van der Waals surface area contributed by atoms with Crippen molar-refractivity contribution in [2.75, 3.05) is 19.0 Å². The number of nitrogens with one attached hydrogen (secondary N) is 2. The summed E-state index contributed by atoms with van der Waals surface area (Å²) in [6, 6.07) is 27.0. The molecular formula is C39H32N2O8S. The van der Waals surface area contributed by atoms with Gasteiger partial charge in [-0.05, 0) is 46.9 Å². The van der Waals surface area contributed by atoms with Gasteiger partial charge in [0.05, 0.1) is 17.1 Å². The highest BCUT2D eigenvalue weighted by Crippen LogP contribution is 2.47. The number of amides is 2. The van der Waals surface area contributed by atoms with Crippen molar-refractivity contribution in [3.05, 3.63) is 135 Å². The number of hydrogen-bond acceptors (Lipinski definition) is 9. The molecule has 4 aromatic carbocycles. The van der Waals surface area contributed by atoms with Gasteiger partial charge in [-0.15, -0.1) is 11.8 Å². The molecule has 0 radical (unpaired) electrons. The van der Waals surface area contributed by atoms with Crippen molar-refractivity contribution in [3.8, 4) is 16.9 Å². The average molecular weight is 689 g/mol. The first-order valence-electron chi connectivity index (χ1n) is 16.2. The molecule has 3 N–H and O–H groups in total. The minimum atomic E-state index is -2.00. The number of ketones is 2. The minimum absolute atomic E-state index is 0.00306. The number of benzene rings is 4. The molecule has 7 rings (SSSR count). The largest absolute Gasteiger partial charge is 0.508 e. The molecule has 0 aromatic heterocycles. The second-order valence-electron chi connectivity index (χ2n) is 12.2. The van der Waals surface area contributed by atoms with Crippen LogP contribution in [0.2, 0.25) is 0 Å². The number of carbonyl (C=O) groups excluding carboxylic acids is 5. The van der Waals surface area contributed by atoms with Gasteiger partial charge in [0.2, 0.25) is 11.7 Å². The van der Waals surface area contributed by atoms with Crippen molar-refractivity contribution in [1.29, 1.82) is 0 Å². The van der Waals surface area contributed by atoms with Gasteiger partial charge in [-0.1, -0.05) is 84.9 Å². The van der Waals surface area contributed by atoms with E-state index < -0.39 is 41.1 Å². The molecule has 10 nitrogen and oxygen atoms in total. The van der Waals surface area contributed by atoms with Crippen molar-refractivity contribution >= 4 is 41.3 Å². The van der Waals surface area contributed by atoms with Crippen LogP contribution in [0, 0.1) is 0 Å². The molecule has 0 saturated carbocycles. The van der Waals surface area contributed by atoms with Crippen LogP contribution in [0.4, 0.5) is 4.79 Å². The Morgan fingerprint density at radius 1 is 0.820 bits per heavy atom. The predicted molar refractivity (Wildman–Crippen MR) is 186 cm³/mol. The molecule has 11 heteroatoms. The number of phenolic OH excluding ortho intramolecular Hbond substituents is 1. The van der Waals surface area contributed by atoms with Crippen LogP contribution in [0.1, 0.15) is 50.2 Å². The lowest BCUT2D eigenvalue weighted by molar-refractivity contribution is -0.150. The molecule has 3 aliphatic rings. The first-order valence-corrected chi connectivity index (χ1v) is 17.1. The number of aromatic hydroxyl groups is 1. The van der Waals surface area contributed by atoms with E-state index in [1.165, 1.54) is 18.2 Å². The van der Waals surface area contributed by atoms with Crippen molar-refractivity contribution in [2.45, 2.75) is 30.8 Å². The van der Waals surface area contributed by atoms with E-state index in [1.54, 1.807) is 37.3 Å². The first-order chi connectivity index (χ1) is 24.2. The second-order valence-corrected chi connectivity index (χ2v) is 13.2. The number of rotatable bonds is 9. The van der Waals surface area contributed by atoms with Gasteiger partial charge in [0.1, 0.15) is 18.4 Å². The van der Waals surface area contributed by atoms with E-state index in [-0.39, 0.29) is 58.7 Å². The van der Waals surface area contributed by atoms with E-state index in [1.807, 2.05) is 48.5 Å². The van der Waals surface area contributed by atoms with E-state index >= 15 is 0 Å². The summed E-state index contributed by atoms with van der Waals surface area (Å²) >= 11 is 1.00. The maximum absolute atomic E-state index is 14.2. The number of fused-ring (bicyclic) bond motifs is 4. The zero-order valence-electron chi connectivity index (χ0n) is 26.9. The van der Waals surface area contributed by atoms with E-state index in [4.69, 9.17) is 9.47 Å². The number of esters is 1. The fourth-order valence-corrected chi connectivity index (χ4v) is 8.20. The maximum Gasteiger partial charge on any atom is 0.407 e. The van der Waals surface area contributed by atoms with Crippen LogP contribution in [-0.2, 0) is 25.5 Å². The normalized spacial score (nSPS) is 18.0. The highest BCUT2D eigenvalue weighted by molar-refractivity contribution is 8.04. The number of Topliss-reactive ketones (excluding diaryl/α,β-unsaturated/α-hetero) is 2. The van der Waals surface area contributed by atoms with Gasteiger partial charge >= 0.3 is 12.1 Å². The van der Waals surface area contributed by atoms with Gasteiger partial charge in [0.25, 0.3) is 0 Å². The number of alkyl carbamates (subject to hydrolysis) is 1. The molecule has 1 unspecified atom stereocenters. The summed E-state index contributed by atoms with van der Waals surface area (Å²) < 4.78 is 11.1. The lowest BCUT2D eigenvalue weighted by atomic mass is 9.79. The van der Waals surface area contributed by atoms with E-state index in [2.05, 4.69) is 10.6 Å². The summed E-state index contributed by atoms with van der Waals surface area (Å²) in [4.78, 5) is 68.9. The Hall–Kier alpha value is -5.68. The summed E-state index contributed by atoms with van der Waals surface area (Å²) in [6.07, 6.45) is -0.918. The topological polar surface area (TPSA) is 148 Å². The van der Waals surface area contributed by atoms with Crippen LogP contribution < -0.4 is 10.6 Å². The van der Waals surface area contributed by atoms with Crippen LogP contribution in [0.3, 0.4) is 0 Å². The van der Waals surface area contributed by atoms with Crippen LogP contribution in [0.25, 0.3) is 11.1 Å². The van der Waals surface area contributed by atoms with E-state index in [9.17, 15) is 29.1 Å². The molecular weight excluding hydrogens is 657 g/mol. The quantitative estimate of drug-likeness (QED) is 0.198. The fourth-order valence-electron chi connectivity index (χ4n) is 6.85. The van der Waals surface area contributed by atoms with E-state index in [0.717, 1.165) is 34.0 Å². The first kappa shape index (κ1) is 32.8. The molecule has 0 saturated heterocycles. The molecule has 252 valence electrons. The minimum Gasteiger partial charge on any atom is -0.508 e. The summed E-state index contributed by atoms with van der Waals surface area (Å²) in [5, 5.41) is 15.2. The Kier molecular flexibility index (Phi) is 8.75. The molecule has 1 heterocycles. The fraction of sp³-hybridized carbons (Fsp3) is 0.205. The molecule has 4 aromatic rings. The molecule has 50 heavy (non-hydrogen) atoms. The smallest absolute Gasteiger partial charge is 0.407 e. The number of hydrogen-bond donors (Lipinski definition) is 3. The third kappa shape index (κ3) is 5.73. The van der Waals surface area contributed by atoms with Crippen molar-refractivity contribution < 1.29 is 38.6 Å². The number of allylic oxidation sites excluding steroid dienone is 1. The van der Waals surface area contributed by atoms with Crippen molar-refractivity contribution in [2.24, 2.45) is 0 Å². The Balaban J connectivity index is 1.17. The highest BCUT2D eigenvalue weighted by Gasteiger charge is 2.57. The SMILES string of the molecule is CCOC(=O)C1(NC(=O)[C@H](Cc2ccc(O)cc2)NC(=O)OCC2c3ccccc3-c3ccccc32)CSC2=C1C(=O)c1ccccc1C2=O. The van der Waals surface area contributed by atoms with Crippen molar-refractivity contribution in [1.82, 2.24) is 10.6 Å². The Morgan fingerprint density at radius 3 is 2.02 bits per heavy atom. The maximum atomic E-state index is 14.2. The number of thioether (sulfide) groups is 1. The second kappa shape index (κ2) is 13.3. The zero-order chi connectivity index (χ0) is 35.0. The lowest BCUT2D eigenvalue weighted by Crippen LogP contribution is -2.62. The average Bonchev–Trinajstić information content (AvgIpc) is 3.67. The molecule has 2 amide bonds. The summed E-state index contributed by atoms with van der Waals surface area (Å²) in [5.74, 6) is -3.04. The molecule has 0 fully saturated rings. The van der Waals surface area contributed by atoms with E-state index in [0.29, 0.717) is 5.56 Å². The summed E-state index contributed by atoms with van der Waals surface area (Å²) in [7, 11) is 0. The molecule has 2 atom stereocenters. The van der Waals surface area contributed by atoms with Gasteiger partial charge in [-0.25, -0.2) is 9.59 Å². The van der Waals surface area contributed by atoms with Crippen LogP contribution in [-0.4, -0.2) is 65.2 Å². The van der Waals surface area contributed by atoms with Crippen LogP contribution in [0.5, 0.6) is 5.75 Å². The molecule has 1 aliphatic heterocycles. The van der Waals surface area contributed by atoms with Gasteiger partial charge in [0, 0.05) is 29.2 Å². The van der Waals surface area contributed by atoms with Gasteiger partial charge in [0.15, 0.2) is 11.3 Å².